The second-order valence-electron chi connectivity index (χ2n) is 10.9. The third kappa shape index (κ3) is 4.11. The molecule has 2 unspecified atom stereocenters. The van der Waals surface area contributed by atoms with Gasteiger partial charge in [0.05, 0.1) is 11.6 Å². The van der Waals surface area contributed by atoms with E-state index in [1.54, 1.807) is 18.2 Å². The zero-order valence-electron chi connectivity index (χ0n) is 21.1. The number of likely N-dealkylation sites (tertiary alicyclic amines) is 1. The van der Waals surface area contributed by atoms with Gasteiger partial charge in [0.1, 0.15) is 17.1 Å². The summed E-state index contributed by atoms with van der Waals surface area (Å²) in [5.41, 5.74) is 0.904. The fourth-order valence-corrected chi connectivity index (χ4v) is 6.60. The SMILES string of the molecule is CN1CC(COc2nc(N3CC4CCC(C3)N4)c3cc(Cl)c(-c4cc(O)cc5ccccc45)c(F)c3n2)C1. The van der Waals surface area contributed by atoms with Crippen LogP contribution in [0.5, 0.6) is 11.8 Å². The van der Waals surface area contributed by atoms with Crippen molar-refractivity contribution in [1.29, 1.82) is 0 Å². The van der Waals surface area contributed by atoms with Gasteiger partial charge in [-0.15, -0.1) is 0 Å². The first-order chi connectivity index (χ1) is 18.4. The molecule has 196 valence electrons. The fourth-order valence-electron chi connectivity index (χ4n) is 6.31. The lowest BCUT2D eigenvalue weighted by Gasteiger charge is -2.36. The topological polar surface area (TPSA) is 73.8 Å². The Morgan fingerprint density at radius 3 is 2.58 bits per heavy atom. The predicted octanol–water partition coefficient (Wildman–Crippen LogP) is 4.83. The summed E-state index contributed by atoms with van der Waals surface area (Å²) in [7, 11) is 2.07. The summed E-state index contributed by atoms with van der Waals surface area (Å²) in [4.78, 5) is 13.8. The lowest BCUT2D eigenvalue weighted by molar-refractivity contribution is 0.0819. The molecule has 3 aliphatic rings. The van der Waals surface area contributed by atoms with Gasteiger partial charge in [-0.05, 0) is 54.4 Å². The summed E-state index contributed by atoms with van der Waals surface area (Å²) in [6.45, 7) is 3.98. The second kappa shape index (κ2) is 9.22. The van der Waals surface area contributed by atoms with E-state index in [1.165, 1.54) is 0 Å². The van der Waals surface area contributed by atoms with Crippen LogP contribution < -0.4 is 15.0 Å². The minimum absolute atomic E-state index is 0.0448. The van der Waals surface area contributed by atoms with Crippen LogP contribution in [0.2, 0.25) is 5.02 Å². The Morgan fingerprint density at radius 1 is 1.05 bits per heavy atom. The average Bonchev–Trinajstić information content (AvgIpc) is 3.22. The maximum atomic E-state index is 16.5. The minimum Gasteiger partial charge on any atom is -0.508 e. The Bertz CT molecular complexity index is 1550. The van der Waals surface area contributed by atoms with E-state index in [2.05, 4.69) is 27.1 Å². The number of ether oxygens (including phenoxy) is 1. The summed E-state index contributed by atoms with van der Waals surface area (Å²) in [5, 5.41) is 16.5. The zero-order chi connectivity index (χ0) is 26.0. The van der Waals surface area contributed by atoms with Gasteiger partial charge in [-0.2, -0.15) is 9.97 Å². The van der Waals surface area contributed by atoms with Crippen molar-refractivity contribution >= 4 is 39.1 Å². The van der Waals surface area contributed by atoms with Crippen LogP contribution in [0, 0.1) is 11.7 Å². The number of aromatic hydroxyl groups is 1. The molecule has 3 aromatic carbocycles. The predicted molar refractivity (Wildman–Crippen MR) is 148 cm³/mol. The van der Waals surface area contributed by atoms with Crippen LogP contribution in [0.25, 0.3) is 32.8 Å². The molecule has 7 nitrogen and oxygen atoms in total. The molecule has 2 atom stereocenters. The Morgan fingerprint density at radius 2 is 1.82 bits per heavy atom. The maximum Gasteiger partial charge on any atom is 0.319 e. The molecule has 3 aliphatic heterocycles. The van der Waals surface area contributed by atoms with E-state index in [0.29, 0.717) is 41.4 Å². The van der Waals surface area contributed by atoms with Crippen molar-refractivity contribution in [3.8, 4) is 22.9 Å². The highest BCUT2D eigenvalue weighted by atomic mass is 35.5. The average molecular weight is 534 g/mol. The van der Waals surface area contributed by atoms with E-state index in [0.717, 1.165) is 49.8 Å². The van der Waals surface area contributed by atoms with Gasteiger partial charge in [-0.1, -0.05) is 35.9 Å². The van der Waals surface area contributed by atoms with Gasteiger partial charge in [0, 0.05) is 55.1 Å². The molecule has 0 saturated carbocycles. The third-order valence-electron chi connectivity index (χ3n) is 8.06. The van der Waals surface area contributed by atoms with Crippen molar-refractivity contribution in [3.63, 3.8) is 0 Å². The van der Waals surface area contributed by atoms with Crippen molar-refractivity contribution in [3.05, 3.63) is 53.3 Å². The molecule has 0 spiro atoms. The summed E-state index contributed by atoms with van der Waals surface area (Å²) in [6, 6.07) is 13.5. The largest absolute Gasteiger partial charge is 0.508 e. The Kier molecular flexibility index (Phi) is 5.80. The van der Waals surface area contributed by atoms with Crippen LogP contribution in [0.4, 0.5) is 10.2 Å². The number of rotatable bonds is 5. The number of nitrogens with one attached hydrogen (secondary N) is 1. The smallest absolute Gasteiger partial charge is 0.319 e. The van der Waals surface area contributed by atoms with Gasteiger partial charge in [-0.3, -0.25) is 0 Å². The number of aromatic nitrogens is 2. The fraction of sp³-hybridized carbons (Fsp3) is 0.379. The first kappa shape index (κ1) is 23.9. The molecule has 9 heteroatoms. The monoisotopic (exact) mass is 533 g/mol. The molecule has 4 heterocycles. The molecule has 3 fully saturated rings. The number of phenols is 1. The molecule has 38 heavy (non-hydrogen) atoms. The number of phenolic OH excluding ortho intramolecular Hbond substituents is 1. The number of benzene rings is 3. The second-order valence-corrected chi connectivity index (χ2v) is 11.3. The highest BCUT2D eigenvalue weighted by Crippen LogP contribution is 2.43. The summed E-state index contributed by atoms with van der Waals surface area (Å²) in [5.74, 6) is 0.561. The third-order valence-corrected chi connectivity index (χ3v) is 8.36. The molecule has 2 bridgehead atoms. The normalized spacial score (nSPS) is 21.8. The number of halogens is 2. The molecule has 3 saturated heterocycles. The molecular weight excluding hydrogens is 505 g/mol. The van der Waals surface area contributed by atoms with Crippen LogP contribution in [-0.4, -0.2) is 71.9 Å². The van der Waals surface area contributed by atoms with Gasteiger partial charge in [0.25, 0.3) is 0 Å². The molecular formula is C29H29ClFN5O2. The van der Waals surface area contributed by atoms with E-state index in [9.17, 15) is 5.11 Å². The lowest BCUT2D eigenvalue weighted by Crippen LogP contribution is -2.51. The summed E-state index contributed by atoms with van der Waals surface area (Å²) in [6.07, 6.45) is 2.24. The van der Waals surface area contributed by atoms with Gasteiger partial charge in [0.2, 0.25) is 0 Å². The van der Waals surface area contributed by atoms with Gasteiger partial charge >= 0.3 is 6.01 Å². The van der Waals surface area contributed by atoms with Crippen LogP contribution in [-0.2, 0) is 0 Å². The van der Waals surface area contributed by atoms with E-state index < -0.39 is 5.82 Å². The van der Waals surface area contributed by atoms with Crippen LogP contribution in [0.1, 0.15) is 12.8 Å². The summed E-state index contributed by atoms with van der Waals surface area (Å²) < 4.78 is 22.6. The minimum atomic E-state index is -0.543. The van der Waals surface area contributed by atoms with Crippen LogP contribution >= 0.6 is 11.6 Å². The zero-order valence-corrected chi connectivity index (χ0v) is 21.9. The van der Waals surface area contributed by atoms with Crippen molar-refractivity contribution in [1.82, 2.24) is 20.2 Å². The molecule has 0 radical (unpaired) electrons. The molecule has 1 aromatic heterocycles. The number of fused-ring (bicyclic) bond motifs is 4. The molecule has 7 rings (SSSR count). The van der Waals surface area contributed by atoms with Crippen LogP contribution in [0.15, 0.2) is 42.5 Å². The Hall–Kier alpha value is -3.20. The first-order valence-corrected chi connectivity index (χ1v) is 13.5. The number of hydrogen-bond donors (Lipinski definition) is 2. The van der Waals surface area contributed by atoms with Crippen molar-refractivity contribution < 1.29 is 14.2 Å². The van der Waals surface area contributed by atoms with Gasteiger partial charge in [0.15, 0.2) is 5.82 Å². The van der Waals surface area contributed by atoms with Crippen molar-refractivity contribution in [2.24, 2.45) is 5.92 Å². The molecule has 0 amide bonds. The van der Waals surface area contributed by atoms with E-state index >= 15 is 4.39 Å². The number of anilines is 1. The quantitative estimate of drug-likeness (QED) is 0.381. The van der Waals surface area contributed by atoms with Crippen molar-refractivity contribution in [2.75, 3.05) is 44.7 Å². The standard InChI is InChI=1S/C29H29ClFN5O2/c1-35-11-16(12-35)15-38-29-33-27-23(28(34-29)36-13-18-6-7-19(14-36)32-18)10-24(30)25(26(27)31)22-9-20(37)8-17-4-2-3-5-21(17)22/h2-5,8-10,16,18-19,32,37H,6-7,11-15H2,1H3. The highest BCUT2D eigenvalue weighted by molar-refractivity contribution is 6.35. The van der Waals surface area contributed by atoms with Gasteiger partial charge in [-0.25, -0.2) is 4.39 Å². The molecule has 4 aromatic rings. The Balaban J connectivity index is 1.39. The van der Waals surface area contributed by atoms with Crippen molar-refractivity contribution in [2.45, 2.75) is 24.9 Å². The summed E-state index contributed by atoms with van der Waals surface area (Å²) >= 11 is 6.81. The van der Waals surface area contributed by atoms with Gasteiger partial charge < -0.3 is 25.0 Å². The molecule has 2 N–H and O–H groups in total. The lowest BCUT2D eigenvalue weighted by atomic mass is 9.96. The van der Waals surface area contributed by atoms with Crippen LogP contribution in [0.3, 0.4) is 0 Å². The number of nitrogens with zero attached hydrogens (tertiary/aromatic N) is 4. The number of piperazine rings is 1. The van der Waals surface area contributed by atoms with E-state index in [-0.39, 0.29) is 27.9 Å². The first-order valence-electron chi connectivity index (χ1n) is 13.2. The maximum absolute atomic E-state index is 16.5. The Labute approximate surface area is 225 Å². The van der Waals surface area contributed by atoms with E-state index in [1.807, 2.05) is 24.3 Å². The number of hydrogen-bond acceptors (Lipinski definition) is 7. The molecule has 0 aliphatic carbocycles. The highest BCUT2D eigenvalue weighted by Gasteiger charge is 2.34. The van der Waals surface area contributed by atoms with E-state index in [4.69, 9.17) is 21.3 Å².